The number of nitroso groups, excluding NO2 is 1. The summed E-state index contributed by atoms with van der Waals surface area (Å²) in [5, 5.41) is 2.36. The number of ether oxygens (including phenoxy) is 1. The molecular weight excluding hydrogens is 322 g/mol. The van der Waals surface area contributed by atoms with Crippen LogP contribution in [0.1, 0.15) is 18.1 Å². The van der Waals surface area contributed by atoms with Gasteiger partial charge in [-0.05, 0) is 10.7 Å². The van der Waals surface area contributed by atoms with E-state index in [2.05, 4.69) is 9.91 Å². The van der Waals surface area contributed by atoms with Gasteiger partial charge in [-0.15, -0.1) is 4.91 Å². The molecule has 1 rings (SSSR count). The molecule has 0 fully saturated rings. The van der Waals surface area contributed by atoms with Gasteiger partial charge >= 0.3 is 12.1 Å². The van der Waals surface area contributed by atoms with Crippen molar-refractivity contribution in [1.82, 2.24) is 0 Å². The van der Waals surface area contributed by atoms with Crippen LogP contribution in [0.3, 0.4) is 0 Å². The molecule has 0 aliphatic carbocycles. The number of benzene rings is 1. The fourth-order valence-electron chi connectivity index (χ4n) is 1.35. The van der Waals surface area contributed by atoms with Crippen LogP contribution in [0.15, 0.2) is 35.5 Å². The first-order chi connectivity index (χ1) is 9.15. The van der Waals surface area contributed by atoms with Crippen LogP contribution in [0, 0.1) is 4.91 Å². The Kier molecular flexibility index (Phi) is 5.35. The number of alkyl halides is 5. The van der Waals surface area contributed by atoms with Crippen molar-refractivity contribution < 1.29 is 22.7 Å². The normalized spacial score (nSPS) is 13.7. The lowest BCUT2D eigenvalue weighted by molar-refractivity contribution is -0.205. The molecule has 9 heteroatoms. The second-order valence-electron chi connectivity index (χ2n) is 3.76. The average Bonchev–Trinajstić information content (AvgIpc) is 2.37. The largest absolute Gasteiger partial charge is 0.490 e. The molecule has 0 radical (unpaired) electrons. The minimum Gasteiger partial charge on any atom is -0.451 e. The van der Waals surface area contributed by atoms with Crippen LogP contribution in [0.4, 0.5) is 13.2 Å². The lowest BCUT2D eigenvalue weighted by Gasteiger charge is -2.22. The molecule has 0 amide bonds. The van der Waals surface area contributed by atoms with Crippen LogP contribution in [0.2, 0.25) is 0 Å². The minimum atomic E-state index is -5.16. The van der Waals surface area contributed by atoms with Gasteiger partial charge < -0.3 is 4.74 Å². The standard InChI is InChI=1S/C11H8Cl2F3NO3/c12-10(13,17-19)6-8(7-4-2-1-3-5-7)20-9(18)11(14,15)16/h1-5,8H,6H2. The van der Waals surface area contributed by atoms with Crippen LogP contribution in [-0.4, -0.2) is 16.6 Å². The van der Waals surface area contributed by atoms with Gasteiger partial charge in [-0.1, -0.05) is 53.5 Å². The maximum atomic E-state index is 12.2. The van der Waals surface area contributed by atoms with E-state index >= 15 is 0 Å². The summed E-state index contributed by atoms with van der Waals surface area (Å²) < 4.78 is 38.7. The quantitative estimate of drug-likeness (QED) is 0.353. The lowest BCUT2D eigenvalue weighted by Crippen LogP contribution is -2.29. The molecule has 0 aliphatic heterocycles. The average molecular weight is 330 g/mol. The summed E-state index contributed by atoms with van der Waals surface area (Å²) in [4.78, 5) is 21.3. The first-order valence-corrected chi connectivity index (χ1v) is 5.96. The van der Waals surface area contributed by atoms with Crippen molar-refractivity contribution in [2.24, 2.45) is 5.18 Å². The van der Waals surface area contributed by atoms with Gasteiger partial charge in [0.05, 0.1) is 0 Å². The molecule has 0 aliphatic rings. The van der Waals surface area contributed by atoms with Crippen molar-refractivity contribution in [3.63, 3.8) is 0 Å². The predicted octanol–water partition coefficient (Wildman–Crippen LogP) is 4.12. The monoisotopic (exact) mass is 329 g/mol. The Morgan fingerprint density at radius 2 is 1.80 bits per heavy atom. The smallest absolute Gasteiger partial charge is 0.451 e. The van der Waals surface area contributed by atoms with E-state index in [4.69, 9.17) is 23.2 Å². The number of carbonyl (C=O) groups excluding carboxylic acids is 1. The maximum Gasteiger partial charge on any atom is 0.490 e. The fourth-order valence-corrected chi connectivity index (χ4v) is 1.63. The molecule has 0 spiro atoms. The molecule has 0 bridgehead atoms. The van der Waals surface area contributed by atoms with E-state index in [1.54, 1.807) is 6.07 Å². The Labute approximate surface area is 121 Å². The Bertz CT molecular complexity index is 480. The van der Waals surface area contributed by atoms with Crippen LogP contribution >= 0.6 is 23.2 Å². The SMILES string of the molecule is O=NC(Cl)(Cl)CC(OC(=O)C(F)(F)F)c1ccccc1. The number of rotatable bonds is 5. The molecule has 1 atom stereocenters. The third-order valence-electron chi connectivity index (χ3n) is 2.22. The molecule has 1 aromatic rings. The molecule has 0 saturated heterocycles. The van der Waals surface area contributed by atoms with Gasteiger partial charge in [0.25, 0.3) is 4.46 Å². The van der Waals surface area contributed by atoms with E-state index < -0.39 is 29.1 Å². The summed E-state index contributed by atoms with van der Waals surface area (Å²) in [6.45, 7) is 0. The van der Waals surface area contributed by atoms with Gasteiger partial charge in [0, 0.05) is 6.42 Å². The number of esters is 1. The second-order valence-corrected chi connectivity index (χ2v) is 5.21. The maximum absolute atomic E-state index is 12.2. The molecule has 20 heavy (non-hydrogen) atoms. The highest BCUT2D eigenvalue weighted by molar-refractivity contribution is 6.48. The zero-order chi connectivity index (χ0) is 15.4. The molecule has 4 nitrogen and oxygen atoms in total. The minimum absolute atomic E-state index is 0.208. The van der Waals surface area contributed by atoms with Gasteiger partial charge in [-0.25, -0.2) is 4.79 Å². The Morgan fingerprint density at radius 1 is 1.25 bits per heavy atom. The van der Waals surface area contributed by atoms with Crippen LogP contribution < -0.4 is 0 Å². The summed E-state index contributed by atoms with van der Waals surface area (Å²) in [6, 6.07) is 7.45. The number of nitrogens with zero attached hydrogens (tertiary/aromatic N) is 1. The highest BCUT2D eigenvalue weighted by Gasteiger charge is 2.44. The molecular formula is C11H8Cl2F3NO3. The van der Waals surface area contributed by atoms with Gasteiger partial charge in [0.15, 0.2) is 0 Å². The number of hydrogen-bond acceptors (Lipinski definition) is 4. The second kappa shape index (κ2) is 6.41. The highest BCUT2D eigenvalue weighted by Crippen LogP contribution is 2.36. The van der Waals surface area contributed by atoms with Crippen molar-refractivity contribution in [1.29, 1.82) is 0 Å². The zero-order valence-electron chi connectivity index (χ0n) is 9.73. The van der Waals surface area contributed by atoms with Crippen LogP contribution in [0.5, 0.6) is 0 Å². The van der Waals surface area contributed by atoms with E-state index in [-0.39, 0.29) is 5.56 Å². The van der Waals surface area contributed by atoms with E-state index in [0.717, 1.165) is 0 Å². The molecule has 110 valence electrons. The Hall–Kier alpha value is -1.34. The van der Waals surface area contributed by atoms with Crippen LogP contribution in [-0.2, 0) is 9.53 Å². The van der Waals surface area contributed by atoms with Crippen molar-refractivity contribution in [2.45, 2.75) is 23.2 Å². The summed E-state index contributed by atoms with van der Waals surface area (Å²) in [5.41, 5.74) is 0.208. The topological polar surface area (TPSA) is 55.7 Å². The summed E-state index contributed by atoms with van der Waals surface area (Å²) >= 11 is 11.0. The highest BCUT2D eigenvalue weighted by atomic mass is 35.5. The Morgan fingerprint density at radius 3 is 2.25 bits per heavy atom. The lowest BCUT2D eigenvalue weighted by atomic mass is 10.1. The first kappa shape index (κ1) is 16.7. The van der Waals surface area contributed by atoms with Crippen LogP contribution in [0.25, 0.3) is 0 Å². The molecule has 0 heterocycles. The van der Waals surface area contributed by atoms with E-state index in [1.807, 2.05) is 0 Å². The van der Waals surface area contributed by atoms with Crippen molar-refractivity contribution >= 4 is 29.2 Å². The Balaban J connectivity index is 2.97. The zero-order valence-corrected chi connectivity index (χ0v) is 11.2. The van der Waals surface area contributed by atoms with Gasteiger partial charge in [-0.2, -0.15) is 13.2 Å². The number of carbonyl (C=O) groups is 1. The third kappa shape index (κ3) is 4.97. The van der Waals surface area contributed by atoms with Crippen molar-refractivity contribution in [3.05, 3.63) is 40.8 Å². The van der Waals surface area contributed by atoms with E-state index in [1.165, 1.54) is 24.3 Å². The number of halogens is 5. The summed E-state index contributed by atoms with van der Waals surface area (Å²) in [7, 11) is 0. The summed E-state index contributed by atoms with van der Waals surface area (Å²) in [6.07, 6.45) is -7.22. The van der Waals surface area contributed by atoms with E-state index in [9.17, 15) is 22.9 Å². The van der Waals surface area contributed by atoms with Crippen molar-refractivity contribution in [2.75, 3.05) is 0 Å². The van der Waals surface area contributed by atoms with Gasteiger partial charge in [0.2, 0.25) is 0 Å². The summed E-state index contributed by atoms with van der Waals surface area (Å²) in [5.74, 6) is -2.40. The first-order valence-electron chi connectivity index (χ1n) is 5.21. The van der Waals surface area contributed by atoms with Gasteiger partial charge in [-0.3, -0.25) is 0 Å². The molecule has 0 saturated carbocycles. The molecule has 1 aromatic carbocycles. The third-order valence-corrected chi connectivity index (χ3v) is 2.66. The van der Waals surface area contributed by atoms with Gasteiger partial charge in [0.1, 0.15) is 6.10 Å². The molecule has 0 N–H and O–H groups in total. The fraction of sp³-hybridized carbons (Fsp3) is 0.364. The molecule has 1 unspecified atom stereocenters. The van der Waals surface area contributed by atoms with E-state index in [0.29, 0.717) is 0 Å². The number of hydrogen-bond donors (Lipinski definition) is 0. The van der Waals surface area contributed by atoms with Crippen molar-refractivity contribution in [3.8, 4) is 0 Å². The molecule has 0 aromatic heterocycles. The predicted molar refractivity (Wildman–Crippen MR) is 66.2 cm³/mol.